The molecule has 86 valence electrons. The molecule has 0 aliphatic rings. The van der Waals surface area contributed by atoms with Gasteiger partial charge in [0.2, 0.25) is 0 Å². The fourth-order valence-corrected chi connectivity index (χ4v) is 2.40. The lowest BCUT2D eigenvalue weighted by Crippen LogP contribution is -1.82. The van der Waals surface area contributed by atoms with E-state index < -0.39 is 0 Å². The molecule has 0 unspecified atom stereocenters. The minimum Gasteiger partial charge on any atom is -0.181 e. The van der Waals surface area contributed by atoms with Crippen molar-refractivity contribution in [1.82, 2.24) is 0 Å². The van der Waals surface area contributed by atoms with E-state index in [1.54, 1.807) is 0 Å². The molecule has 3 rings (SSSR count). The van der Waals surface area contributed by atoms with Gasteiger partial charge in [0.05, 0.1) is 5.69 Å². The molecule has 18 heavy (non-hydrogen) atoms. The summed E-state index contributed by atoms with van der Waals surface area (Å²) in [6.45, 7) is 0. The Balaban J connectivity index is 2.41. The zero-order valence-electron chi connectivity index (χ0n) is 9.71. The third-order valence-corrected chi connectivity index (χ3v) is 3.26. The second-order valence-electron chi connectivity index (χ2n) is 4.14. The van der Waals surface area contributed by atoms with Crippen molar-refractivity contribution in [3.05, 3.63) is 66.7 Å². The summed E-state index contributed by atoms with van der Waals surface area (Å²) in [5.41, 5.74) is 3.12. The summed E-state index contributed by atoms with van der Waals surface area (Å²) in [6, 6.07) is 22.6. The Morgan fingerprint density at radius 2 is 1.44 bits per heavy atom. The van der Waals surface area contributed by atoms with Crippen LogP contribution in [0.3, 0.4) is 0 Å². The largest absolute Gasteiger partial charge is 0.181 e. The van der Waals surface area contributed by atoms with E-state index >= 15 is 0 Å². The predicted molar refractivity (Wildman–Crippen MR) is 78.8 cm³/mol. The average molecular weight is 249 g/mol. The molecule has 0 saturated heterocycles. The molecule has 0 aromatic heterocycles. The van der Waals surface area contributed by atoms with Gasteiger partial charge >= 0.3 is 0 Å². The first-order valence-corrected chi connectivity index (χ1v) is 6.17. The summed E-state index contributed by atoms with van der Waals surface area (Å²) < 4.78 is 3.98. The van der Waals surface area contributed by atoms with E-state index in [0.717, 1.165) is 16.8 Å². The topological polar surface area (TPSA) is 12.4 Å². The summed E-state index contributed by atoms with van der Waals surface area (Å²) in [7, 11) is 0. The van der Waals surface area contributed by atoms with Crippen LogP contribution in [0.1, 0.15) is 0 Å². The van der Waals surface area contributed by atoms with E-state index in [1.807, 2.05) is 36.4 Å². The molecule has 0 N–H and O–H groups in total. The summed E-state index contributed by atoms with van der Waals surface area (Å²) in [5, 5.41) is 2.40. The van der Waals surface area contributed by atoms with Crippen molar-refractivity contribution < 1.29 is 0 Å². The maximum Gasteiger partial charge on any atom is 0.0854 e. The highest BCUT2D eigenvalue weighted by molar-refractivity contribution is 7.47. The number of benzene rings is 3. The minimum atomic E-state index is 0.856. The van der Waals surface area contributed by atoms with Gasteiger partial charge in [0, 0.05) is 18.0 Å². The van der Waals surface area contributed by atoms with Gasteiger partial charge in [0.25, 0.3) is 0 Å². The molecule has 0 heterocycles. The molecule has 0 radical (unpaired) electrons. The molecule has 0 saturated carbocycles. The van der Waals surface area contributed by atoms with Gasteiger partial charge in [-0.15, -0.1) is 0 Å². The molecular formula is C16H11NS. The smallest absolute Gasteiger partial charge is 0.0854 e. The molecule has 0 amide bonds. The third-order valence-electron chi connectivity index (χ3n) is 3.07. The lowest BCUT2D eigenvalue weighted by atomic mass is 9.97. The van der Waals surface area contributed by atoms with E-state index in [4.69, 9.17) is 12.4 Å². The van der Waals surface area contributed by atoms with Gasteiger partial charge < -0.3 is 0 Å². The summed E-state index contributed by atoms with van der Waals surface area (Å²) >= 11 is 4.89. The summed E-state index contributed by atoms with van der Waals surface area (Å²) in [5.74, 6) is 0. The Labute approximate surface area is 111 Å². The average Bonchev–Trinajstić information content (AvgIpc) is 2.47. The quantitative estimate of drug-likeness (QED) is 0.631. The van der Waals surface area contributed by atoms with E-state index in [9.17, 15) is 0 Å². The van der Waals surface area contributed by atoms with Gasteiger partial charge in [0.15, 0.2) is 0 Å². The maximum absolute atomic E-state index is 4.89. The zero-order chi connectivity index (χ0) is 12.4. The van der Waals surface area contributed by atoms with Crippen molar-refractivity contribution in [3.8, 4) is 11.1 Å². The Hall–Kier alpha value is -2.06. The minimum absolute atomic E-state index is 0.856. The first-order valence-electron chi connectivity index (χ1n) is 5.80. The third kappa shape index (κ3) is 1.81. The molecule has 0 atom stereocenters. The highest BCUT2D eigenvalue weighted by Gasteiger charge is 2.08. The van der Waals surface area contributed by atoms with E-state index in [0.29, 0.717) is 0 Å². The lowest BCUT2D eigenvalue weighted by molar-refractivity contribution is 1.57. The molecule has 3 aromatic rings. The van der Waals surface area contributed by atoms with Crippen molar-refractivity contribution in [2.24, 2.45) is 4.36 Å². The molecule has 0 spiro atoms. The number of rotatable bonds is 2. The molecule has 0 aliphatic heterocycles. The van der Waals surface area contributed by atoms with Crippen LogP contribution in [-0.2, 0) is 12.4 Å². The van der Waals surface area contributed by atoms with Crippen LogP contribution < -0.4 is 0 Å². The van der Waals surface area contributed by atoms with E-state index in [-0.39, 0.29) is 0 Å². The molecule has 0 aliphatic carbocycles. The molecule has 1 nitrogen and oxygen atoms in total. The number of hydrogen-bond acceptors (Lipinski definition) is 2. The van der Waals surface area contributed by atoms with Crippen molar-refractivity contribution in [2.45, 2.75) is 0 Å². The Kier molecular flexibility index (Phi) is 2.87. The molecule has 2 heteroatoms. The van der Waals surface area contributed by atoms with Crippen LogP contribution in [0.25, 0.3) is 21.9 Å². The van der Waals surface area contributed by atoms with Crippen molar-refractivity contribution in [2.75, 3.05) is 0 Å². The van der Waals surface area contributed by atoms with Crippen LogP contribution in [-0.4, -0.2) is 0 Å². The van der Waals surface area contributed by atoms with Gasteiger partial charge in [-0.3, -0.25) is 0 Å². The Morgan fingerprint density at radius 1 is 0.722 bits per heavy atom. The van der Waals surface area contributed by atoms with Crippen molar-refractivity contribution >= 4 is 28.9 Å². The van der Waals surface area contributed by atoms with Crippen LogP contribution in [0.4, 0.5) is 5.69 Å². The SMILES string of the molecule is S=Nc1ccc2ccccc2c1-c1ccccc1. The summed E-state index contributed by atoms with van der Waals surface area (Å²) in [6.07, 6.45) is 0. The molecule has 3 aromatic carbocycles. The number of hydrogen-bond donors (Lipinski definition) is 0. The first kappa shape index (κ1) is 11.1. The van der Waals surface area contributed by atoms with Crippen LogP contribution >= 0.6 is 0 Å². The second-order valence-corrected chi connectivity index (χ2v) is 4.32. The van der Waals surface area contributed by atoms with Gasteiger partial charge in [0.1, 0.15) is 0 Å². The molecular weight excluding hydrogens is 238 g/mol. The van der Waals surface area contributed by atoms with Gasteiger partial charge in [-0.25, -0.2) is 0 Å². The van der Waals surface area contributed by atoms with Crippen LogP contribution in [0.5, 0.6) is 0 Å². The first-order chi connectivity index (χ1) is 8.90. The highest BCUT2D eigenvalue weighted by Crippen LogP contribution is 2.36. The normalized spacial score (nSPS) is 10.4. The highest BCUT2D eigenvalue weighted by atomic mass is 32.1. The lowest BCUT2D eigenvalue weighted by Gasteiger charge is -2.09. The Morgan fingerprint density at radius 3 is 2.22 bits per heavy atom. The van der Waals surface area contributed by atoms with Gasteiger partial charge in [-0.2, -0.15) is 4.36 Å². The monoisotopic (exact) mass is 249 g/mol. The molecule has 0 fully saturated rings. The maximum atomic E-state index is 4.89. The van der Waals surface area contributed by atoms with Crippen LogP contribution in [0.2, 0.25) is 0 Å². The predicted octanol–water partition coefficient (Wildman–Crippen LogP) is 4.87. The summed E-state index contributed by atoms with van der Waals surface area (Å²) in [4.78, 5) is 0. The number of nitrogens with zero attached hydrogens (tertiary/aromatic N) is 1. The standard InChI is InChI=1S/C16H11NS/c18-17-15-11-10-12-6-4-5-9-14(12)16(15)13-7-2-1-3-8-13/h1-11H. The Bertz CT molecular complexity index is 705. The number of fused-ring (bicyclic) bond motifs is 1. The fourth-order valence-electron chi connectivity index (χ4n) is 2.24. The van der Waals surface area contributed by atoms with E-state index in [2.05, 4.69) is 34.7 Å². The van der Waals surface area contributed by atoms with Gasteiger partial charge in [-0.1, -0.05) is 60.7 Å². The molecule has 0 bridgehead atoms. The fraction of sp³-hybridized carbons (Fsp3) is 0. The van der Waals surface area contributed by atoms with Crippen molar-refractivity contribution in [3.63, 3.8) is 0 Å². The second kappa shape index (κ2) is 4.67. The van der Waals surface area contributed by atoms with Crippen LogP contribution in [0.15, 0.2) is 71.1 Å². The van der Waals surface area contributed by atoms with Crippen LogP contribution in [0, 0.1) is 0 Å². The van der Waals surface area contributed by atoms with Gasteiger partial charge in [-0.05, 0) is 22.4 Å². The van der Waals surface area contributed by atoms with E-state index in [1.165, 1.54) is 10.8 Å². The van der Waals surface area contributed by atoms with Crippen molar-refractivity contribution in [1.29, 1.82) is 0 Å². The zero-order valence-corrected chi connectivity index (χ0v) is 10.5.